The SMILES string of the molecule is Cc1cccc(CC(=O)Nc2ccc(NC3CCCC3)nn2)c1. The first-order valence-electron chi connectivity index (χ1n) is 8.15. The van der Waals surface area contributed by atoms with E-state index in [1.54, 1.807) is 6.07 Å². The highest BCUT2D eigenvalue weighted by molar-refractivity contribution is 5.91. The molecule has 0 saturated heterocycles. The van der Waals surface area contributed by atoms with Gasteiger partial charge < -0.3 is 10.6 Å². The summed E-state index contributed by atoms with van der Waals surface area (Å²) in [7, 11) is 0. The summed E-state index contributed by atoms with van der Waals surface area (Å²) in [5, 5.41) is 14.4. The Morgan fingerprint density at radius 1 is 1.13 bits per heavy atom. The highest BCUT2D eigenvalue weighted by Gasteiger charge is 2.15. The highest BCUT2D eigenvalue weighted by atomic mass is 16.1. The van der Waals surface area contributed by atoms with Crippen LogP contribution in [-0.4, -0.2) is 22.1 Å². The third-order valence-electron chi connectivity index (χ3n) is 4.09. The van der Waals surface area contributed by atoms with Crippen LogP contribution in [0, 0.1) is 6.92 Å². The summed E-state index contributed by atoms with van der Waals surface area (Å²) in [6, 6.07) is 12.1. The fourth-order valence-corrected chi connectivity index (χ4v) is 2.95. The van der Waals surface area contributed by atoms with Gasteiger partial charge in [0, 0.05) is 6.04 Å². The molecule has 1 aromatic heterocycles. The number of aromatic nitrogens is 2. The number of carbonyl (C=O) groups excluding carboxylic acids is 1. The summed E-state index contributed by atoms with van der Waals surface area (Å²) in [5.74, 6) is 1.18. The number of nitrogens with one attached hydrogen (secondary N) is 2. The zero-order valence-electron chi connectivity index (χ0n) is 13.4. The van der Waals surface area contributed by atoms with Crippen LogP contribution < -0.4 is 10.6 Å². The minimum Gasteiger partial charge on any atom is -0.366 e. The molecule has 0 unspecified atom stereocenters. The average Bonchev–Trinajstić information content (AvgIpc) is 3.02. The first kappa shape index (κ1) is 15.5. The van der Waals surface area contributed by atoms with Crippen molar-refractivity contribution in [2.75, 3.05) is 10.6 Å². The molecule has 0 radical (unpaired) electrons. The van der Waals surface area contributed by atoms with E-state index >= 15 is 0 Å². The molecule has 23 heavy (non-hydrogen) atoms. The van der Waals surface area contributed by atoms with Gasteiger partial charge in [-0.05, 0) is 37.5 Å². The number of hydrogen-bond acceptors (Lipinski definition) is 4. The van der Waals surface area contributed by atoms with Gasteiger partial charge in [0.15, 0.2) is 5.82 Å². The average molecular weight is 310 g/mol. The summed E-state index contributed by atoms with van der Waals surface area (Å²) in [4.78, 5) is 12.1. The lowest BCUT2D eigenvalue weighted by Crippen LogP contribution is -2.18. The van der Waals surface area contributed by atoms with Gasteiger partial charge in [0.1, 0.15) is 5.82 Å². The Kier molecular flexibility index (Phi) is 4.86. The zero-order valence-corrected chi connectivity index (χ0v) is 13.4. The lowest BCUT2D eigenvalue weighted by atomic mass is 10.1. The molecule has 1 heterocycles. The molecular weight excluding hydrogens is 288 g/mol. The Hall–Kier alpha value is -2.43. The van der Waals surface area contributed by atoms with E-state index in [1.165, 1.54) is 25.7 Å². The first-order chi connectivity index (χ1) is 11.2. The number of amides is 1. The van der Waals surface area contributed by atoms with Crippen molar-refractivity contribution >= 4 is 17.5 Å². The molecule has 2 N–H and O–H groups in total. The number of rotatable bonds is 5. The maximum Gasteiger partial charge on any atom is 0.229 e. The molecule has 2 aromatic rings. The second-order valence-corrected chi connectivity index (χ2v) is 6.14. The molecule has 1 aliphatic carbocycles. The van der Waals surface area contributed by atoms with Crippen LogP contribution in [0.15, 0.2) is 36.4 Å². The molecule has 1 amide bonds. The van der Waals surface area contributed by atoms with Crippen LogP contribution in [0.3, 0.4) is 0 Å². The van der Waals surface area contributed by atoms with Crippen LogP contribution in [0.25, 0.3) is 0 Å². The van der Waals surface area contributed by atoms with Gasteiger partial charge in [-0.15, -0.1) is 10.2 Å². The Bertz CT molecular complexity index is 663. The Morgan fingerprint density at radius 3 is 2.57 bits per heavy atom. The highest BCUT2D eigenvalue weighted by Crippen LogP contribution is 2.21. The van der Waals surface area contributed by atoms with E-state index in [0.717, 1.165) is 16.9 Å². The minimum atomic E-state index is -0.0820. The molecule has 5 heteroatoms. The third kappa shape index (κ3) is 4.52. The van der Waals surface area contributed by atoms with Crippen LogP contribution in [0.1, 0.15) is 36.8 Å². The molecule has 0 spiro atoms. The van der Waals surface area contributed by atoms with Crippen LogP contribution in [0.5, 0.6) is 0 Å². The topological polar surface area (TPSA) is 66.9 Å². The number of anilines is 2. The van der Waals surface area contributed by atoms with Gasteiger partial charge in [-0.3, -0.25) is 4.79 Å². The molecule has 5 nitrogen and oxygen atoms in total. The standard InChI is InChI=1S/C18H22N4O/c1-13-5-4-6-14(11-13)12-18(23)20-17-10-9-16(21-22-17)19-15-7-2-3-8-15/h4-6,9-11,15H,2-3,7-8,12H2,1H3,(H,19,21)(H,20,22,23). The van der Waals surface area contributed by atoms with E-state index < -0.39 is 0 Å². The van der Waals surface area contributed by atoms with Crippen molar-refractivity contribution in [1.29, 1.82) is 0 Å². The van der Waals surface area contributed by atoms with Gasteiger partial charge in [-0.2, -0.15) is 0 Å². The van der Waals surface area contributed by atoms with Gasteiger partial charge >= 0.3 is 0 Å². The minimum absolute atomic E-state index is 0.0820. The normalized spacial score (nSPS) is 14.7. The molecule has 3 rings (SSSR count). The Labute approximate surface area is 136 Å². The second-order valence-electron chi connectivity index (χ2n) is 6.14. The fraction of sp³-hybridized carbons (Fsp3) is 0.389. The van der Waals surface area contributed by atoms with E-state index in [1.807, 2.05) is 37.3 Å². The number of benzene rings is 1. The summed E-state index contributed by atoms with van der Waals surface area (Å²) >= 11 is 0. The van der Waals surface area contributed by atoms with E-state index in [4.69, 9.17) is 0 Å². The maximum absolute atomic E-state index is 12.1. The molecule has 1 saturated carbocycles. The molecule has 1 aromatic carbocycles. The summed E-state index contributed by atoms with van der Waals surface area (Å²) in [6.45, 7) is 2.02. The van der Waals surface area contributed by atoms with Gasteiger partial charge in [-0.1, -0.05) is 42.7 Å². The molecule has 120 valence electrons. The quantitative estimate of drug-likeness (QED) is 0.889. The van der Waals surface area contributed by atoms with E-state index in [2.05, 4.69) is 20.8 Å². The predicted molar refractivity (Wildman–Crippen MR) is 91.4 cm³/mol. The number of aryl methyl sites for hydroxylation is 1. The number of carbonyl (C=O) groups is 1. The van der Waals surface area contributed by atoms with Crippen LogP contribution in [0.2, 0.25) is 0 Å². The smallest absolute Gasteiger partial charge is 0.229 e. The molecule has 0 bridgehead atoms. The Morgan fingerprint density at radius 2 is 1.87 bits per heavy atom. The van der Waals surface area contributed by atoms with Gasteiger partial charge in [0.05, 0.1) is 6.42 Å². The largest absolute Gasteiger partial charge is 0.366 e. The monoisotopic (exact) mass is 310 g/mol. The summed E-state index contributed by atoms with van der Waals surface area (Å²) < 4.78 is 0. The number of nitrogens with zero attached hydrogens (tertiary/aromatic N) is 2. The van der Waals surface area contributed by atoms with Crippen molar-refractivity contribution in [1.82, 2.24) is 10.2 Å². The van der Waals surface area contributed by atoms with Gasteiger partial charge in [0.25, 0.3) is 0 Å². The molecular formula is C18H22N4O. The third-order valence-corrected chi connectivity index (χ3v) is 4.09. The Balaban J connectivity index is 1.54. The molecule has 1 fully saturated rings. The molecule has 1 aliphatic rings. The van der Waals surface area contributed by atoms with Crippen LogP contribution in [0.4, 0.5) is 11.6 Å². The van der Waals surface area contributed by atoms with E-state index in [0.29, 0.717) is 18.3 Å². The van der Waals surface area contributed by atoms with Gasteiger partial charge in [-0.25, -0.2) is 0 Å². The second kappa shape index (κ2) is 7.22. The first-order valence-corrected chi connectivity index (χ1v) is 8.15. The van der Waals surface area contributed by atoms with E-state index in [9.17, 15) is 4.79 Å². The predicted octanol–water partition coefficient (Wildman–Crippen LogP) is 3.32. The van der Waals surface area contributed by atoms with Crippen molar-refractivity contribution in [2.45, 2.75) is 45.1 Å². The van der Waals surface area contributed by atoms with Crippen LogP contribution in [-0.2, 0) is 11.2 Å². The summed E-state index contributed by atoms with van der Waals surface area (Å²) in [5.41, 5.74) is 2.15. The van der Waals surface area contributed by atoms with Crippen molar-refractivity contribution < 1.29 is 4.79 Å². The van der Waals surface area contributed by atoms with Crippen molar-refractivity contribution in [3.63, 3.8) is 0 Å². The van der Waals surface area contributed by atoms with Crippen LogP contribution >= 0.6 is 0 Å². The molecule has 0 atom stereocenters. The lowest BCUT2D eigenvalue weighted by Gasteiger charge is -2.12. The van der Waals surface area contributed by atoms with Gasteiger partial charge in [0.2, 0.25) is 5.91 Å². The zero-order chi connectivity index (χ0) is 16.1. The summed E-state index contributed by atoms with van der Waals surface area (Å²) in [6.07, 6.45) is 5.27. The van der Waals surface area contributed by atoms with Crippen molar-refractivity contribution in [3.8, 4) is 0 Å². The maximum atomic E-state index is 12.1. The fourth-order valence-electron chi connectivity index (χ4n) is 2.95. The molecule has 0 aliphatic heterocycles. The van der Waals surface area contributed by atoms with E-state index in [-0.39, 0.29) is 5.91 Å². The lowest BCUT2D eigenvalue weighted by molar-refractivity contribution is -0.115. The van der Waals surface area contributed by atoms with Crippen molar-refractivity contribution in [2.24, 2.45) is 0 Å². The van der Waals surface area contributed by atoms with Crippen molar-refractivity contribution in [3.05, 3.63) is 47.5 Å². The number of hydrogen-bond donors (Lipinski definition) is 2.